The van der Waals surface area contributed by atoms with Crippen molar-refractivity contribution in [2.45, 2.75) is 20.3 Å². The minimum Gasteiger partial charge on any atom is -0.322 e. The molecule has 3 aromatic rings. The molecule has 1 amide bonds. The molecule has 0 saturated carbocycles. The van der Waals surface area contributed by atoms with Gasteiger partial charge < -0.3 is 5.32 Å². The number of hydrogen-bond acceptors (Lipinski definition) is 5. The number of hydrogen-bond donors (Lipinski definition) is 2. The summed E-state index contributed by atoms with van der Waals surface area (Å²) >= 11 is 7.58. The van der Waals surface area contributed by atoms with Crippen LogP contribution in [-0.4, -0.2) is 16.6 Å². The topological polar surface area (TPSA) is 66.4 Å². The second-order valence-corrected chi connectivity index (χ2v) is 6.89. The molecule has 0 aliphatic heterocycles. The maximum atomic E-state index is 12.3. The van der Waals surface area contributed by atoms with Crippen molar-refractivity contribution >= 4 is 55.6 Å². The van der Waals surface area contributed by atoms with Crippen LogP contribution in [0.1, 0.15) is 30.6 Å². The van der Waals surface area contributed by atoms with Gasteiger partial charge in [0.2, 0.25) is 5.13 Å². The number of thiazole rings is 1. The molecule has 0 fully saturated rings. The molecule has 0 aliphatic rings. The van der Waals surface area contributed by atoms with Crippen molar-refractivity contribution in [2.75, 3.05) is 10.7 Å². The standard InChI is InChI=1S/C18H17ClN4OS/c1-3-11(2)22-23-18-21-15-10-12(8-9-16(15)25-18)20-17(24)13-6-4-5-7-14(13)19/h4-10H,3H2,1-2H3,(H,20,24)(H,21,23)/b22-11+. The van der Waals surface area contributed by atoms with Crippen LogP contribution in [0.25, 0.3) is 10.2 Å². The molecule has 7 heteroatoms. The van der Waals surface area contributed by atoms with Crippen LogP contribution in [0.5, 0.6) is 0 Å². The van der Waals surface area contributed by atoms with Gasteiger partial charge >= 0.3 is 0 Å². The van der Waals surface area contributed by atoms with Crippen molar-refractivity contribution in [3.63, 3.8) is 0 Å². The Hall–Kier alpha value is -2.44. The molecule has 0 aliphatic carbocycles. The first kappa shape index (κ1) is 17.4. The molecule has 0 spiro atoms. The fourth-order valence-electron chi connectivity index (χ4n) is 2.12. The summed E-state index contributed by atoms with van der Waals surface area (Å²) in [6.45, 7) is 4.01. The Bertz CT molecular complexity index is 951. The van der Waals surface area contributed by atoms with Crippen molar-refractivity contribution in [2.24, 2.45) is 5.10 Å². The van der Waals surface area contributed by atoms with E-state index in [2.05, 4.69) is 20.8 Å². The minimum absolute atomic E-state index is 0.248. The van der Waals surface area contributed by atoms with Crippen LogP contribution < -0.4 is 10.7 Å². The van der Waals surface area contributed by atoms with E-state index in [9.17, 15) is 4.79 Å². The van der Waals surface area contributed by atoms with Gasteiger partial charge in [0.1, 0.15) is 0 Å². The highest BCUT2D eigenvalue weighted by atomic mass is 35.5. The van der Waals surface area contributed by atoms with E-state index in [0.29, 0.717) is 16.3 Å². The molecular weight excluding hydrogens is 356 g/mol. The zero-order valence-electron chi connectivity index (χ0n) is 13.8. The van der Waals surface area contributed by atoms with Gasteiger partial charge in [-0.1, -0.05) is 42.0 Å². The summed E-state index contributed by atoms with van der Waals surface area (Å²) in [5.41, 5.74) is 5.88. The summed E-state index contributed by atoms with van der Waals surface area (Å²) in [4.78, 5) is 16.8. The molecular formula is C18H17ClN4OS. The number of hydrazone groups is 1. The van der Waals surface area contributed by atoms with Gasteiger partial charge in [0.15, 0.2) is 0 Å². The van der Waals surface area contributed by atoms with Crippen LogP contribution in [0.2, 0.25) is 5.02 Å². The quantitative estimate of drug-likeness (QED) is 0.465. The van der Waals surface area contributed by atoms with Crippen LogP contribution in [0.4, 0.5) is 10.8 Å². The summed E-state index contributed by atoms with van der Waals surface area (Å²) in [6.07, 6.45) is 0.885. The van der Waals surface area contributed by atoms with Crippen molar-refractivity contribution in [3.8, 4) is 0 Å². The Kier molecular flexibility index (Phi) is 5.31. The third-order valence-electron chi connectivity index (χ3n) is 3.62. The average Bonchev–Trinajstić information content (AvgIpc) is 3.02. The molecule has 0 radical (unpaired) electrons. The predicted octanol–water partition coefficient (Wildman–Crippen LogP) is 5.40. The summed E-state index contributed by atoms with van der Waals surface area (Å²) < 4.78 is 1.02. The number of anilines is 2. The number of nitrogens with zero attached hydrogens (tertiary/aromatic N) is 2. The van der Waals surface area contributed by atoms with Gasteiger partial charge in [0.05, 0.1) is 20.8 Å². The van der Waals surface area contributed by atoms with Gasteiger partial charge in [-0.25, -0.2) is 4.98 Å². The zero-order chi connectivity index (χ0) is 17.8. The Morgan fingerprint density at radius 2 is 2.08 bits per heavy atom. The number of fused-ring (bicyclic) bond motifs is 1. The monoisotopic (exact) mass is 372 g/mol. The number of amides is 1. The first-order valence-electron chi connectivity index (χ1n) is 7.82. The van der Waals surface area contributed by atoms with Crippen molar-refractivity contribution < 1.29 is 4.79 Å². The summed E-state index contributed by atoms with van der Waals surface area (Å²) in [6, 6.07) is 12.6. The van der Waals surface area contributed by atoms with Crippen LogP contribution in [0.3, 0.4) is 0 Å². The van der Waals surface area contributed by atoms with Gasteiger partial charge in [0.25, 0.3) is 5.91 Å². The first-order valence-corrected chi connectivity index (χ1v) is 9.02. The van der Waals surface area contributed by atoms with Gasteiger partial charge in [-0.2, -0.15) is 5.10 Å². The molecule has 0 bridgehead atoms. The van der Waals surface area contributed by atoms with E-state index in [0.717, 1.165) is 27.5 Å². The number of benzene rings is 2. The lowest BCUT2D eigenvalue weighted by Crippen LogP contribution is -2.12. The maximum absolute atomic E-state index is 12.3. The largest absolute Gasteiger partial charge is 0.322 e. The number of rotatable bonds is 5. The molecule has 5 nitrogen and oxygen atoms in total. The lowest BCUT2D eigenvalue weighted by atomic mass is 10.2. The third-order valence-corrected chi connectivity index (χ3v) is 4.89. The second-order valence-electron chi connectivity index (χ2n) is 5.45. The Morgan fingerprint density at radius 3 is 2.84 bits per heavy atom. The smallest absolute Gasteiger partial charge is 0.257 e. The van der Waals surface area contributed by atoms with Crippen molar-refractivity contribution in [1.82, 2.24) is 4.98 Å². The van der Waals surface area contributed by atoms with Crippen LogP contribution in [0, 0.1) is 0 Å². The number of carbonyl (C=O) groups is 1. The normalized spacial score (nSPS) is 11.6. The molecule has 3 rings (SSSR count). The van der Waals surface area contributed by atoms with Crippen molar-refractivity contribution in [3.05, 3.63) is 53.1 Å². The fraction of sp³-hybridized carbons (Fsp3) is 0.167. The predicted molar refractivity (Wildman–Crippen MR) is 106 cm³/mol. The molecule has 0 saturated heterocycles. The van der Waals surface area contributed by atoms with E-state index in [1.165, 1.54) is 11.3 Å². The fourth-order valence-corrected chi connectivity index (χ4v) is 3.13. The minimum atomic E-state index is -0.248. The van der Waals surface area contributed by atoms with E-state index >= 15 is 0 Å². The SMILES string of the molecule is CC/C(C)=N/Nc1nc2cc(NC(=O)c3ccccc3Cl)ccc2s1. The average molecular weight is 373 g/mol. The van der Waals surface area contributed by atoms with E-state index in [1.807, 2.05) is 32.0 Å². The van der Waals surface area contributed by atoms with Gasteiger partial charge in [-0.05, 0) is 43.7 Å². The highest BCUT2D eigenvalue weighted by Crippen LogP contribution is 2.28. The number of nitrogens with one attached hydrogen (secondary N) is 2. The molecule has 128 valence electrons. The van der Waals surface area contributed by atoms with Crippen LogP contribution in [-0.2, 0) is 0 Å². The number of carbonyl (C=O) groups excluding carboxylic acids is 1. The van der Waals surface area contributed by atoms with E-state index in [4.69, 9.17) is 11.6 Å². The lowest BCUT2D eigenvalue weighted by molar-refractivity contribution is 0.102. The Morgan fingerprint density at radius 1 is 1.28 bits per heavy atom. The van der Waals surface area contributed by atoms with E-state index < -0.39 is 0 Å². The Labute approximate surface area is 154 Å². The molecule has 1 heterocycles. The third kappa shape index (κ3) is 4.15. The van der Waals surface area contributed by atoms with E-state index in [-0.39, 0.29) is 5.91 Å². The summed E-state index contributed by atoms with van der Waals surface area (Å²) in [7, 11) is 0. The molecule has 1 aromatic heterocycles. The van der Waals surface area contributed by atoms with Gasteiger partial charge in [-0.3, -0.25) is 10.2 Å². The number of halogens is 1. The van der Waals surface area contributed by atoms with Gasteiger partial charge in [-0.15, -0.1) is 0 Å². The van der Waals surface area contributed by atoms with E-state index in [1.54, 1.807) is 24.3 Å². The molecule has 2 N–H and O–H groups in total. The van der Waals surface area contributed by atoms with Crippen molar-refractivity contribution in [1.29, 1.82) is 0 Å². The molecule has 25 heavy (non-hydrogen) atoms. The highest BCUT2D eigenvalue weighted by Gasteiger charge is 2.11. The summed E-state index contributed by atoms with van der Waals surface area (Å²) in [5.74, 6) is -0.248. The van der Waals surface area contributed by atoms with Gasteiger partial charge in [0, 0.05) is 11.4 Å². The lowest BCUT2D eigenvalue weighted by Gasteiger charge is -2.06. The molecule has 0 atom stereocenters. The highest BCUT2D eigenvalue weighted by molar-refractivity contribution is 7.22. The Balaban J connectivity index is 1.79. The van der Waals surface area contributed by atoms with Crippen LogP contribution in [0.15, 0.2) is 47.6 Å². The number of aromatic nitrogens is 1. The first-order chi connectivity index (χ1) is 12.1. The zero-order valence-corrected chi connectivity index (χ0v) is 15.4. The van der Waals surface area contributed by atoms with Crippen LogP contribution >= 0.6 is 22.9 Å². The molecule has 2 aromatic carbocycles. The second kappa shape index (κ2) is 7.63. The summed E-state index contributed by atoms with van der Waals surface area (Å²) in [5, 5.41) is 8.25. The molecule has 0 unspecified atom stereocenters. The maximum Gasteiger partial charge on any atom is 0.257 e.